The molecule has 1 nitrogen and oxygen atoms in total. The van der Waals surface area contributed by atoms with Crippen LogP contribution >= 0.6 is 0 Å². The molecule has 0 aromatic rings. The predicted octanol–water partition coefficient (Wildman–Crippen LogP) is 4.62. The second-order valence-corrected chi connectivity index (χ2v) is 5.37. The number of nitrogens with one attached hydrogen (secondary N) is 1. The molecule has 1 unspecified atom stereocenters. The van der Waals surface area contributed by atoms with Crippen LogP contribution in [0, 0.1) is 11.8 Å². The van der Waals surface area contributed by atoms with Crippen molar-refractivity contribution < 1.29 is 0 Å². The minimum Gasteiger partial charge on any atom is -0.317 e. The van der Waals surface area contributed by atoms with E-state index in [9.17, 15) is 0 Å². The first-order valence-electron chi connectivity index (χ1n) is 7.43. The summed E-state index contributed by atoms with van der Waals surface area (Å²) in [6, 6.07) is 0. The summed E-state index contributed by atoms with van der Waals surface area (Å²) in [6.07, 6.45) is 9.94. The average Bonchev–Trinajstić information content (AvgIpc) is 2.26. The van der Waals surface area contributed by atoms with Crippen molar-refractivity contribution >= 4 is 0 Å². The van der Waals surface area contributed by atoms with Crippen LogP contribution in [0.5, 0.6) is 0 Å². The van der Waals surface area contributed by atoms with E-state index in [0.717, 1.165) is 18.4 Å². The van der Waals surface area contributed by atoms with Gasteiger partial charge in [-0.2, -0.15) is 0 Å². The molecule has 0 saturated carbocycles. The summed E-state index contributed by atoms with van der Waals surface area (Å²) in [5.74, 6) is 1.71. The number of unbranched alkanes of at least 4 members (excludes halogenated alkanes) is 5. The van der Waals surface area contributed by atoms with Crippen molar-refractivity contribution in [2.75, 3.05) is 13.1 Å². The van der Waals surface area contributed by atoms with Gasteiger partial charge in [0.25, 0.3) is 0 Å². The molecule has 0 bridgehead atoms. The first kappa shape index (κ1) is 16.0. The fourth-order valence-corrected chi connectivity index (χ4v) is 2.19. The van der Waals surface area contributed by atoms with Gasteiger partial charge in [0.2, 0.25) is 0 Å². The van der Waals surface area contributed by atoms with Crippen molar-refractivity contribution in [3.63, 3.8) is 0 Å². The van der Waals surface area contributed by atoms with E-state index in [2.05, 4.69) is 33.0 Å². The van der Waals surface area contributed by atoms with Gasteiger partial charge in [0.05, 0.1) is 0 Å². The van der Waals surface area contributed by atoms with E-state index in [1.807, 2.05) is 0 Å². The summed E-state index contributed by atoms with van der Waals surface area (Å²) in [7, 11) is 0. The minimum absolute atomic E-state index is 0.828. The molecule has 0 heterocycles. The van der Waals surface area contributed by atoms with Gasteiger partial charge in [-0.15, -0.1) is 0 Å². The Hall–Kier alpha value is -0.0400. The van der Waals surface area contributed by atoms with Crippen LogP contribution in [0.4, 0.5) is 0 Å². The first-order chi connectivity index (χ1) is 7.72. The molecular weight excluding hydrogens is 194 g/mol. The van der Waals surface area contributed by atoms with Gasteiger partial charge in [-0.05, 0) is 31.3 Å². The molecule has 0 radical (unpaired) electrons. The quantitative estimate of drug-likeness (QED) is 0.508. The lowest BCUT2D eigenvalue weighted by molar-refractivity contribution is 0.331. The third-order valence-corrected chi connectivity index (χ3v) is 3.53. The monoisotopic (exact) mass is 227 g/mol. The zero-order chi connectivity index (χ0) is 12.2. The highest BCUT2D eigenvalue weighted by Crippen LogP contribution is 2.18. The molecule has 0 saturated heterocycles. The third kappa shape index (κ3) is 9.21. The van der Waals surface area contributed by atoms with Crippen molar-refractivity contribution in [2.24, 2.45) is 11.8 Å². The van der Waals surface area contributed by atoms with E-state index in [1.54, 1.807) is 0 Å². The van der Waals surface area contributed by atoms with E-state index in [4.69, 9.17) is 0 Å². The fraction of sp³-hybridized carbons (Fsp3) is 1.00. The summed E-state index contributed by atoms with van der Waals surface area (Å²) < 4.78 is 0. The highest BCUT2D eigenvalue weighted by molar-refractivity contribution is 4.66. The van der Waals surface area contributed by atoms with Crippen LogP contribution in [0.25, 0.3) is 0 Å². The number of rotatable bonds is 11. The predicted molar refractivity (Wildman–Crippen MR) is 74.9 cm³/mol. The Labute approximate surface area is 103 Å². The fourth-order valence-electron chi connectivity index (χ4n) is 2.19. The standard InChI is InChI=1S/C15H33N/c1-5-7-8-9-10-11-12-15(14(3)4)13-16-6-2/h14-16H,5-13H2,1-4H3. The van der Waals surface area contributed by atoms with Crippen molar-refractivity contribution in [2.45, 2.75) is 72.6 Å². The first-order valence-corrected chi connectivity index (χ1v) is 7.43. The SMILES string of the molecule is CCCCCCCCC(CNCC)C(C)C. The molecule has 1 atom stereocenters. The van der Waals surface area contributed by atoms with Crippen molar-refractivity contribution in [3.8, 4) is 0 Å². The largest absolute Gasteiger partial charge is 0.317 e. The van der Waals surface area contributed by atoms with Gasteiger partial charge in [-0.3, -0.25) is 0 Å². The normalized spacial score (nSPS) is 13.3. The van der Waals surface area contributed by atoms with Gasteiger partial charge >= 0.3 is 0 Å². The van der Waals surface area contributed by atoms with E-state index in [-0.39, 0.29) is 0 Å². The Bertz CT molecular complexity index is 131. The third-order valence-electron chi connectivity index (χ3n) is 3.53. The summed E-state index contributed by atoms with van der Waals surface area (Å²) >= 11 is 0. The maximum Gasteiger partial charge on any atom is -0.00182 e. The van der Waals surface area contributed by atoms with Crippen molar-refractivity contribution in [3.05, 3.63) is 0 Å². The van der Waals surface area contributed by atoms with Crippen LogP contribution in [0.1, 0.15) is 72.6 Å². The topological polar surface area (TPSA) is 12.0 Å². The van der Waals surface area contributed by atoms with Crippen molar-refractivity contribution in [1.29, 1.82) is 0 Å². The maximum atomic E-state index is 3.49. The summed E-state index contributed by atoms with van der Waals surface area (Å²) in [4.78, 5) is 0. The van der Waals surface area contributed by atoms with Gasteiger partial charge in [0.1, 0.15) is 0 Å². The second-order valence-electron chi connectivity index (χ2n) is 5.37. The lowest BCUT2D eigenvalue weighted by atomic mass is 9.90. The van der Waals surface area contributed by atoms with Gasteiger partial charge < -0.3 is 5.32 Å². The molecule has 0 spiro atoms. The molecule has 0 fully saturated rings. The van der Waals surface area contributed by atoms with Crippen LogP contribution in [0.2, 0.25) is 0 Å². The average molecular weight is 227 g/mol. The summed E-state index contributed by atoms with van der Waals surface area (Å²) in [6.45, 7) is 11.5. The molecule has 0 aromatic carbocycles. The molecule has 1 heteroatoms. The van der Waals surface area contributed by atoms with Crippen molar-refractivity contribution in [1.82, 2.24) is 5.32 Å². The van der Waals surface area contributed by atoms with Crippen LogP contribution in [0.3, 0.4) is 0 Å². The lowest BCUT2D eigenvalue weighted by Crippen LogP contribution is -2.26. The van der Waals surface area contributed by atoms with Crippen LogP contribution in [-0.2, 0) is 0 Å². The Morgan fingerprint density at radius 3 is 2.06 bits per heavy atom. The highest BCUT2D eigenvalue weighted by Gasteiger charge is 2.11. The minimum atomic E-state index is 0.828. The van der Waals surface area contributed by atoms with Gasteiger partial charge in [0.15, 0.2) is 0 Å². The van der Waals surface area contributed by atoms with Gasteiger partial charge in [-0.1, -0.05) is 66.2 Å². The molecule has 98 valence electrons. The van der Waals surface area contributed by atoms with Crippen LogP contribution < -0.4 is 5.32 Å². The molecule has 0 aliphatic carbocycles. The molecule has 0 aromatic heterocycles. The van der Waals surface area contributed by atoms with E-state index in [0.29, 0.717) is 0 Å². The highest BCUT2D eigenvalue weighted by atomic mass is 14.8. The molecule has 1 N–H and O–H groups in total. The molecule has 16 heavy (non-hydrogen) atoms. The Morgan fingerprint density at radius 1 is 0.875 bits per heavy atom. The van der Waals surface area contributed by atoms with Gasteiger partial charge in [-0.25, -0.2) is 0 Å². The zero-order valence-electron chi connectivity index (χ0n) is 12.0. The van der Waals surface area contributed by atoms with E-state index in [1.165, 1.54) is 51.5 Å². The van der Waals surface area contributed by atoms with Crippen LogP contribution in [0.15, 0.2) is 0 Å². The van der Waals surface area contributed by atoms with Gasteiger partial charge in [0, 0.05) is 0 Å². The van der Waals surface area contributed by atoms with E-state index >= 15 is 0 Å². The second kappa shape index (κ2) is 11.4. The number of hydrogen-bond donors (Lipinski definition) is 1. The molecule has 0 aliphatic heterocycles. The van der Waals surface area contributed by atoms with Crippen LogP contribution in [-0.4, -0.2) is 13.1 Å². The lowest BCUT2D eigenvalue weighted by Gasteiger charge is -2.21. The smallest absolute Gasteiger partial charge is 0.00182 e. The molecular formula is C15H33N. The maximum absolute atomic E-state index is 3.49. The Balaban J connectivity index is 3.44. The van der Waals surface area contributed by atoms with E-state index < -0.39 is 0 Å². The Kier molecular flexibility index (Phi) is 11.4. The zero-order valence-corrected chi connectivity index (χ0v) is 12.0. The molecule has 0 aliphatic rings. The summed E-state index contributed by atoms with van der Waals surface area (Å²) in [5, 5.41) is 3.49. The molecule has 0 rings (SSSR count). The number of hydrogen-bond acceptors (Lipinski definition) is 1. The summed E-state index contributed by atoms with van der Waals surface area (Å²) in [5.41, 5.74) is 0. The Morgan fingerprint density at radius 2 is 1.50 bits per heavy atom. The molecule has 0 amide bonds.